The molecule has 1 aromatic carbocycles. The van der Waals surface area contributed by atoms with E-state index in [0.717, 1.165) is 31.1 Å². The first-order valence-corrected chi connectivity index (χ1v) is 10.6. The predicted molar refractivity (Wildman–Crippen MR) is 116 cm³/mol. The molecule has 7 nitrogen and oxygen atoms in total. The van der Waals surface area contributed by atoms with Crippen LogP contribution in [0.25, 0.3) is 0 Å². The van der Waals surface area contributed by atoms with E-state index in [1.807, 2.05) is 30.3 Å². The Morgan fingerprint density at radius 2 is 1.81 bits per heavy atom. The van der Waals surface area contributed by atoms with Gasteiger partial charge in [-0.25, -0.2) is 5.01 Å². The molecule has 0 spiro atoms. The number of piperazine rings is 1. The Balaban J connectivity index is 1.39. The van der Waals surface area contributed by atoms with Gasteiger partial charge < -0.3 is 13.7 Å². The zero-order valence-electron chi connectivity index (χ0n) is 17.6. The summed E-state index contributed by atoms with van der Waals surface area (Å²) in [4.78, 5) is 18.1. The molecule has 1 fully saturated rings. The van der Waals surface area contributed by atoms with E-state index in [2.05, 4.69) is 46.2 Å². The molecule has 0 N–H and O–H groups in total. The topological polar surface area (TPSA) is 65.4 Å². The summed E-state index contributed by atoms with van der Waals surface area (Å²) in [5, 5.41) is 6.24. The number of likely N-dealkylation sites (N-methyl/N-ethyl adjacent to an activating group) is 1. The molecular weight excluding hydrogens is 392 g/mol. The molecule has 0 radical (unpaired) electrons. The van der Waals surface area contributed by atoms with E-state index in [9.17, 15) is 4.79 Å². The highest BCUT2D eigenvalue weighted by Gasteiger charge is 2.37. The molecule has 2 atom stereocenters. The van der Waals surface area contributed by atoms with Crippen LogP contribution in [0.1, 0.15) is 35.6 Å². The first kappa shape index (κ1) is 19.8. The van der Waals surface area contributed by atoms with Gasteiger partial charge in [-0.3, -0.25) is 9.69 Å². The van der Waals surface area contributed by atoms with Crippen molar-refractivity contribution >= 4 is 11.6 Å². The molecule has 0 aliphatic carbocycles. The van der Waals surface area contributed by atoms with Crippen LogP contribution in [0.4, 0.5) is 0 Å². The molecule has 3 aromatic rings. The van der Waals surface area contributed by atoms with E-state index in [0.29, 0.717) is 18.7 Å². The maximum atomic E-state index is 13.5. The number of carbonyl (C=O) groups is 1. The molecule has 31 heavy (non-hydrogen) atoms. The highest BCUT2D eigenvalue weighted by molar-refractivity contribution is 6.01. The van der Waals surface area contributed by atoms with Crippen LogP contribution in [-0.2, 0) is 4.79 Å². The van der Waals surface area contributed by atoms with Gasteiger partial charge in [0.25, 0.3) is 5.91 Å². The van der Waals surface area contributed by atoms with Gasteiger partial charge in [-0.1, -0.05) is 30.3 Å². The summed E-state index contributed by atoms with van der Waals surface area (Å²) < 4.78 is 11.2. The Bertz CT molecular complexity index is 1030. The van der Waals surface area contributed by atoms with E-state index in [4.69, 9.17) is 8.83 Å². The first-order chi connectivity index (χ1) is 15.2. The Kier molecular flexibility index (Phi) is 5.44. The molecule has 2 aliphatic heterocycles. The van der Waals surface area contributed by atoms with Gasteiger partial charge in [0.1, 0.15) is 23.3 Å². The first-order valence-electron chi connectivity index (χ1n) is 10.6. The maximum absolute atomic E-state index is 13.5. The van der Waals surface area contributed by atoms with E-state index < -0.39 is 0 Å². The lowest BCUT2D eigenvalue weighted by molar-refractivity contribution is -0.135. The standard InChI is InChI=1S/C24H26N4O3/c1-26-11-12-27(21(16-26)18-7-3-2-4-8-18)17-24(29)28-20(23-10-6-14-31-23)15-19(25-28)22-9-5-13-30-22/h2-10,13-14,20-21H,11-12,15-17H2,1H3. The molecular formula is C24H26N4O3. The lowest BCUT2D eigenvalue weighted by Gasteiger charge is -2.40. The summed E-state index contributed by atoms with van der Waals surface area (Å²) in [5.74, 6) is 1.39. The minimum Gasteiger partial charge on any atom is -0.467 e. The zero-order valence-corrected chi connectivity index (χ0v) is 17.6. The molecule has 7 heteroatoms. The summed E-state index contributed by atoms with van der Waals surface area (Å²) in [6.07, 6.45) is 3.82. The third kappa shape index (κ3) is 4.06. The van der Waals surface area contributed by atoms with Crippen molar-refractivity contribution in [2.75, 3.05) is 33.2 Å². The van der Waals surface area contributed by atoms with Gasteiger partial charge in [0.15, 0.2) is 0 Å². The Morgan fingerprint density at radius 1 is 1.00 bits per heavy atom. The normalized spacial score (nSPS) is 22.6. The number of hydrazone groups is 1. The summed E-state index contributed by atoms with van der Waals surface area (Å²) in [6.45, 7) is 2.95. The highest BCUT2D eigenvalue weighted by Crippen LogP contribution is 2.34. The van der Waals surface area contributed by atoms with Gasteiger partial charge in [0.2, 0.25) is 0 Å². The maximum Gasteiger partial charge on any atom is 0.257 e. The summed E-state index contributed by atoms with van der Waals surface area (Å²) in [6, 6.07) is 17.8. The average molecular weight is 418 g/mol. The van der Waals surface area contributed by atoms with Gasteiger partial charge in [-0.05, 0) is 36.9 Å². The molecule has 0 saturated carbocycles. The Hall–Kier alpha value is -3.16. The van der Waals surface area contributed by atoms with Crippen molar-refractivity contribution in [1.82, 2.24) is 14.8 Å². The van der Waals surface area contributed by atoms with Crippen LogP contribution in [0.2, 0.25) is 0 Å². The molecule has 5 rings (SSSR count). The lowest BCUT2D eigenvalue weighted by atomic mass is 10.0. The smallest absolute Gasteiger partial charge is 0.257 e. The molecule has 160 valence electrons. The number of nitrogens with zero attached hydrogens (tertiary/aromatic N) is 4. The minimum absolute atomic E-state index is 0.0339. The predicted octanol–water partition coefficient (Wildman–Crippen LogP) is 3.54. The van der Waals surface area contributed by atoms with Crippen LogP contribution in [0.15, 0.2) is 81.1 Å². The molecule has 1 saturated heterocycles. The van der Waals surface area contributed by atoms with Crippen LogP contribution in [-0.4, -0.2) is 59.7 Å². The fourth-order valence-corrected chi connectivity index (χ4v) is 4.42. The van der Waals surface area contributed by atoms with Crippen molar-refractivity contribution < 1.29 is 13.6 Å². The molecule has 2 unspecified atom stereocenters. The van der Waals surface area contributed by atoms with Crippen molar-refractivity contribution in [3.05, 3.63) is 84.2 Å². The number of hydrogen-bond donors (Lipinski definition) is 0. The minimum atomic E-state index is -0.259. The number of hydrogen-bond acceptors (Lipinski definition) is 6. The van der Waals surface area contributed by atoms with Crippen LogP contribution < -0.4 is 0 Å². The number of rotatable bonds is 5. The summed E-state index contributed by atoms with van der Waals surface area (Å²) in [7, 11) is 2.13. The van der Waals surface area contributed by atoms with Gasteiger partial charge in [-0.2, -0.15) is 5.10 Å². The Labute approximate surface area is 181 Å². The number of benzene rings is 1. The highest BCUT2D eigenvalue weighted by atomic mass is 16.3. The zero-order chi connectivity index (χ0) is 21.2. The van der Waals surface area contributed by atoms with Crippen molar-refractivity contribution in [3.8, 4) is 0 Å². The third-order valence-electron chi connectivity index (χ3n) is 6.06. The summed E-state index contributed by atoms with van der Waals surface area (Å²) >= 11 is 0. The second-order valence-corrected chi connectivity index (χ2v) is 8.16. The largest absolute Gasteiger partial charge is 0.467 e. The average Bonchev–Trinajstić information content (AvgIpc) is 3.56. The second kappa shape index (κ2) is 8.53. The molecule has 2 aromatic heterocycles. The van der Waals surface area contributed by atoms with Crippen LogP contribution in [0.3, 0.4) is 0 Å². The number of furan rings is 2. The van der Waals surface area contributed by atoms with E-state index in [1.54, 1.807) is 17.5 Å². The number of carbonyl (C=O) groups excluding carboxylic acids is 1. The van der Waals surface area contributed by atoms with Gasteiger partial charge >= 0.3 is 0 Å². The fraction of sp³-hybridized carbons (Fsp3) is 0.333. The fourth-order valence-electron chi connectivity index (χ4n) is 4.42. The second-order valence-electron chi connectivity index (χ2n) is 8.16. The monoisotopic (exact) mass is 418 g/mol. The van der Waals surface area contributed by atoms with Crippen molar-refractivity contribution in [2.45, 2.75) is 18.5 Å². The van der Waals surface area contributed by atoms with Gasteiger partial charge in [0, 0.05) is 32.1 Å². The van der Waals surface area contributed by atoms with Gasteiger partial charge in [0.05, 0.1) is 19.1 Å². The van der Waals surface area contributed by atoms with Gasteiger partial charge in [-0.15, -0.1) is 0 Å². The van der Waals surface area contributed by atoms with Crippen LogP contribution in [0.5, 0.6) is 0 Å². The number of amides is 1. The SMILES string of the molecule is CN1CCN(CC(=O)N2N=C(c3ccco3)CC2c2ccco2)C(c2ccccc2)C1. The lowest BCUT2D eigenvalue weighted by Crippen LogP contribution is -2.50. The van der Waals surface area contributed by atoms with E-state index in [1.165, 1.54) is 5.56 Å². The third-order valence-corrected chi connectivity index (χ3v) is 6.06. The molecule has 1 amide bonds. The Morgan fingerprint density at radius 3 is 2.55 bits per heavy atom. The molecule has 2 aliphatic rings. The van der Waals surface area contributed by atoms with E-state index in [-0.39, 0.29) is 18.0 Å². The summed E-state index contributed by atoms with van der Waals surface area (Å²) in [5.41, 5.74) is 1.99. The van der Waals surface area contributed by atoms with Crippen molar-refractivity contribution in [1.29, 1.82) is 0 Å². The van der Waals surface area contributed by atoms with Crippen molar-refractivity contribution in [2.24, 2.45) is 5.10 Å². The van der Waals surface area contributed by atoms with Crippen molar-refractivity contribution in [3.63, 3.8) is 0 Å². The van der Waals surface area contributed by atoms with Crippen LogP contribution in [0, 0.1) is 0 Å². The van der Waals surface area contributed by atoms with E-state index >= 15 is 0 Å². The van der Waals surface area contributed by atoms with Crippen LogP contribution >= 0.6 is 0 Å². The molecule has 0 bridgehead atoms. The molecule has 4 heterocycles. The quantitative estimate of drug-likeness (QED) is 0.634.